The lowest BCUT2D eigenvalue weighted by Gasteiger charge is -2.18. The van der Waals surface area contributed by atoms with Crippen LogP contribution in [0.3, 0.4) is 0 Å². The van der Waals surface area contributed by atoms with Crippen LogP contribution in [0.4, 0.5) is 5.69 Å². The highest BCUT2D eigenvalue weighted by molar-refractivity contribution is 6.30. The molecule has 0 N–H and O–H groups in total. The van der Waals surface area contributed by atoms with Crippen molar-refractivity contribution in [2.75, 3.05) is 26.0 Å². The molecule has 0 saturated carbocycles. The molecule has 0 atom stereocenters. The predicted molar refractivity (Wildman–Crippen MR) is 110 cm³/mol. The Morgan fingerprint density at radius 2 is 1.71 bits per heavy atom. The number of aryl methyl sites for hydroxylation is 1. The lowest BCUT2D eigenvalue weighted by molar-refractivity contribution is -0.130. The number of amides is 1. The van der Waals surface area contributed by atoms with Crippen molar-refractivity contribution in [3.63, 3.8) is 0 Å². The van der Waals surface area contributed by atoms with Crippen LogP contribution in [0.1, 0.15) is 17.9 Å². The zero-order valence-electron chi connectivity index (χ0n) is 16.2. The maximum absolute atomic E-state index is 12.4. The molecule has 6 nitrogen and oxygen atoms in total. The van der Waals surface area contributed by atoms with Crippen molar-refractivity contribution in [2.24, 2.45) is 0 Å². The first-order valence-electron chi connectivity index (χ1n) is 9.01. The van der Waals surface area contributed by atoms with Gasteiger partial charge in [-0.05, 0) is 42.0 Å². The van der Waals surface area contributed by atoms with Crippen LogP contribution < -0.4 is 4.90 Å². The molecule has 0 aliphatic carbocycles. The van der Waals surface area contributed by atoms with Crippen molar-refractivity contribution in [1.82, 2.24) is 15.0 Å². The minimum absolute atomic E-state index is 0.0305. The highest BCUT2D eigenvalue weighted by Crippen LogP contribution is 2.19. The Kier molecular flexibility index (Phi) is 6.31. The lowest BCUT2D eigenvalue weighted by atomic mass is 10.2. The van der Waals surface area contributed by atoms with Gasteiger partial charge in [0.05, 0.1) is 0 Å². The maximum Gasteiger partial charge on any atom is 0.227 e. The number of anilines is 1. The van der Waals surface area contributed by atoms with E-state index in [1.807, 2.05) is 55.4 Å². The number of hydrogen-bond acceptors (Lipinski definition) is 5. The summed E-state index contributed by atoms with van der Waals surface area (Å²) in [6, 6.07) is 15.4. The monoisotopic (exact) mass is 398 g/mol. The zero-order valence-corrected chi connectivity index (χ0v) is 17.0. The van der Waals surface area contributed by atoms with Gasteiger partial charge in [0.2, 0.25) is 17.6 Å². The second kappa shape index (κ2) is 8.89. The van der Waals surface area contributed by atoms with Crippen molar-refractivity contribution in [3.05, 3.63) is 65.0 Å². The average Bonchev–Trinajstić information content (AvgIpc) is 3.16. The number of carbonyl (C=O) groups excluding carboxylic acids is 1. The Morgan fingerprint density at radius 3 is 2.36 bits per heavy atom. The maximum atomic E-state index is 12.4. The van der Waals surface area contributed by atoms with E-state index in [9.17, 15) is 4.79 Å². The summed E-state index contributed by atoms with van der Waals surface area (Å²) in [5.41, 5.74) is 3.04. The first-order chi connectivity index (χ1) is 13.4. The Labute approximate surface area is 169 Å². The van der Waals surface area contributed by atoms with Crippen LogP contribution in [0, 0.1) is 0 Å². The molecule has 0 bridgehead atoms. The van der Waals surface area contributed by atoms with E-state index in [0.29, 0.717) is 36.1 Å². The molecule has 7 heteroatoms. The fraction of sp³-hybridized carbons (Fsp3) is 0.286. The van der Waals surface area contributed by atoms with Crippen molar-refractivity contribution in [1.29, 1.82) is 0 Å². The lowest BCUT2D eigenvalue weighted by Crippen LogP contribution is -2.26. The summed E-state index contributed by atoms with van der Waals surface area (Å²) in [6.07, 6.45) is 0.720. The van der Waals surface area contributed by atoms with Crippen molar-refractivity contribution in [2.45, 2.75) is 19.4 Å². The molecular weight excluding hydrogens is 376 g/mol. The molecule has 0 spiro atoms. The van der Waals surface area contributed by atoms with Gasteiger partial charge in [0, 0.05) is 56.8 Å². The van der Waals surface area contributed by atoms with E-state index in [0.717, 1.165) is 16.8 Å². The third-order valence-corrected chi connectivity index (χ3v) is 4.67. The van der Waals surface area contributed by atoms with Gasteiger partial charge in [-0.15, -0.1) is 0 Å². The number of benzene rings is 2. The molecule has 2 aromatic carbocycles. The summed E-state index contributed by atoms with van der Waals surface area (Å²) in [7, 11) is 5.80. The molecule has 1 amide bonds. The summed E-state index contributed by atoms with van der Waals surface area (Å²) < 4.78 is 5.26. The minimum Gasteiger partial charge on any atom is -0.378 e. The second-order valence-corrected chi connectivity index (χ2v) is 7.27. The van der Waals surface area contributed by atoms with Gasteiger partial charge in [-0.2, -0.15) is 4.98 Å². The van der Waals surface area contributed by atoms with Crippen LogP contribution in [-0.2, 0) is 17.8 Å². The van der Waals surface area contributed by atoms with E-state index < -0.39 is 0 Å². The van der Waals surface area contributed by atoms with Crippen molar-refractivity contribution >= 4 is 23.2 Å². The molecule has 3 rings (SSSR count). The van der Waals surface area contributed by atoms with E-state index >= 15 is 0 Å². The molecular formula is C21H23ClN4O2. The van der Waals surface area contributed by atoms with Gasteiger partial charge in [0.25, 0.3) is 0 Å². The SMILES string of the molecule is CN(Cc1ccc(N(C)C)cc1)C(=O)CCc1nc(-c2ccc(Cl)cc2)no1. The second-order valence-electron chi connectivity index (χ2n) is 6.83. The molecule has 1 aromatic heterocycles. The summed E-state index contributed by atoms with van der Waals surface area (Å²) in [5, 5.41) is 4.62. The largest absolute Gasteiger partial charge is 0.378 e. The van der Waals surface area contributed by atoms with Gasteiger partial charge in [0.15, 0.2) is 0 Å². The van der Waals surface area contributed by atoms with Crippen LogP contribution in [0.25, 0.3) is 11.4 Å². The number of rotatable bonds is 7. The molecule has 3 aromatic rings. The fourth-order valence-corrected chi connectivity index (χ4v) is 2.86. The van der Waals surface area contributed by atoms with E-state index in [4.69, 9.17) is 16.1 Å². The normalized spacial score (nSPS) is 10.7. The molecule has 0 aliphatic rings. The summed E-state index contributed by atoms with van der Waals surface area (Å²) in [5.74, 6) is 0.971. The van der Waals surface area contributed by atoms with Crippen LogP contribution in [0.15, 0.2) is 53.1 Å². The van der Waals surface area contributed by atoms with E-state index in [1.54, 1.807) is 24.1 Å². The van der Waals surface area contributed by atoms with Crippen molar-refractivity contribution < 1.29 is 9.32 Å². The highest BCUT2D eigenvalue weighted by atomic mass is 35.5. The van der Waals surface area contributed by atoms with Crippen LogP contribution in [0.2, 0.25) is 5.02 Å². The van der Waals surface area contributed by atoms with E-state index in [2.05, 4.69) is 10.1 Å². The Bertz CT molecular complexity index is 920. The number of hydrogen-bond donors (Lipinski definition) is 0. The summed E-state index contributed by atoms with van der Waals surface area (Å²) >= 11 is 5.89. The van der Waals surface area contributed by atoms with Gasteiger partial charge in [-0.1, -0.05) is 28.9 Å². The number of nitrogens with zero attached hydrogens (tertiary/aromatic N) is 4. The first-order valence-corrected chi connectivity index (χ1v) is 9.39. The zero-order chi connectivity index (χ0) is 20.1. The predicted octanol–water partition coefficient (Wildman–Crippen LogP) is 4.05. The minimum atomic E-state index is 0.0305. The molecule has 0 aliphatic heterocycles. The first kappa shape index (κ1) is 19.9. The molecule has 28 heavy (non-hydrogen) atoms. The van der Waals surface area contributed by atoms with Gasteiger partial charge in [-0.3, -0.25) is 4.79 Å². The van der Waals surface area contributed by atoms with Gasteiger partial charge in [-0.25, -0.2) is 0 Å². The fourth-order valence-electron chi connectivity index (χ4n) is 2.74. The third kappa shape index (κ3) is 5.10. The van der Waals surface area contributed by atoms with E-state index in [1.165, 1.54) is 0 Å². The summed E-state index contributed by atoms with van der Waals surface area (Å²) in [6.45, 7) is 0.562. The molecule has 146 valence electrons. The van der Waals surface area contributed by atoms with Crippen molar-refractivity contribution in [3.8, 4) is 11.4 Å². The number of aromatic nitrogens is 2. The highest BCUT2D eigenvalue weighted by Gasteiger charge is 2.14. The average molecular weight is 399 g/mol. The molecule has 0 radical (unpaired) electrons. The third-order valence-electron chi connectivity index (χ3n) is 4.42. The van der Waals surface area contributed by atoms with Crippen LogP contribution in [0.5, 0.6) is 0 Å². The van der Waals surface area contributed by atoms with E-state index in [-0.39, 0.29) is 5.91 Å². The Morgan fingerprint density at radius 1 is 1.04 bits per heavy atom. The number of halogens is 1. The Balaban J connectivity index is 1.52. The van der Waals surface area contributed by atoms with Crippen LogP contribution >= 0.6 is 11.6 Å². The topological polar surface area (TPSA) is 62.5 Å². The standard InChI is InChI=1S/C21H23ClN4O2/c1-25(2)18-10-4-15(5-11-18)14-26(3)20(27)13-12-19-23-21(24-28-19)16-6-8-17(22)9-7-16/h4-11H,12-14H2,1-3H3. The van der Waals surface area contributed by atoms with Gasteiger partial charge < -0.3 is 14.3 Å². The van der Waals surface area contributed by atoms with Gasteiger partial charge >= 0.3 is 0 Å². The molecule has 0 saturated heterocycles. The smallest absolute Gasteiger partial charge is 0.227 e. The Hall–Kier alpha value is -2.86. The molecule has 0 fully saturated rings. The molecule has 1 heterocycles. The summed E-state index contributed by atoms with van der Waals surface area (Å²) in [4.78, 5) is 20.5. The quantitative estimate of drug-likeness (QED) is 0.600. The van der Waals surface area contributed by atoms with Gasteiger partial charge in [0.1, 0.15) is 0 Å². The van der Waals surface area contributed by atoms with Crippen LogP contribution in [-0.4, -0.2) is 42.1 Å². The number of carbonyl (C=O) groups is 1. The molecule has 0 unspecified atom stereocenters.